The van der Waals surface area contributed by atoms with E-state index in [0.29, 0.717) is 5.69 Å². The minimum atomic E-state index is -0.917. The number of hydrogen-bond donors (Lipinski definition) is 1. The van der Waals surface area contributed by atoms with Crippen LogP contribution in [0.4, 0.5) is 4.39 Å². The van der Waals surface area contributed by atoms with Gasteiger partial charge in [-0.05, 0) is 38.5 Å². The van der Waals surface area contributed by atoms with Gasteiger partial charge in [0.25, 0.3) is 5.91 Å². The number of hydrogen-bond acceptors (Lipinski definition) is 5. The van der Waals surface area contributed by atoms with E-state index >= 15 is 0 Å². The molecule has 0 aliphatic heterocycles. The van der Waals surface area contributed by atoms with Gasteiger partial charge < -0.3 is 10.1 Å². The normalized spacial score (nSPS) is 13.2. The topological polar surface area (TPSA) is 68.3 Å². The van der Waals surface area contributed by atoms with Crippen LogP contribution < -0.4 is 5.32 Å². The molecule has 128 valence electrons. The Kier molecular flexibility index (Phi) is 6.03. The van der Waals surface area contributed by atoms with E-state index in [0.717, 1.165) is 10.6 Å². The summed E-state index contributed by atoms with van der Waals surface area (Å²) in [7, 11) is 0. The van der Waals surface area contributed by atoms with Gasteiger partial charge in [0.05, 0.1) is 23.2 Å². The molecule has 2 aromatic rings. The molecule has 1 N–H and O–H groups in total. The molecule has 0 aliphatic carbocycles. The monoisotopic (exact) mass is 350 g/mol. The lowest BCUT2D eigenvalue weighted by Crippen LogP contribution is -2.37. The van der Waals surface area contributed by atoms with Crippen LogP contribution in [0.3, 0.4) is 0 Å². The highest BCUT2D eigenvalue weighted by atomic mass is 32.1. The van der Waals surface area contributed by atoms with Crippen molar-refractivity contribution >= 4 is 23.2 Å². The maximum Gasteiger partial charge on any atom is 0.312 e. The van der Waals surface area contributed by atoms with Gasteiger partial charge >= 0.3 is 5.97 Å². The zero-order valence-electron chi connectivity index (χ0n) is 13.7. The third-order valence-electron chi connectivity index (χ3n) is 3.40. The number of rotatable bonds is 6. The summed E-state index contributed by atoms with van der Waals surface area (Å²) >= 11 is 1.45. The Hall–Kier alpha value is -2.28. The van der Waals surface area contributed by atoms with Gasteiger partial charge in [-0.3, -0.25) is 9.59 Å². The van der Waals surface area contributed by atoms with E-state index in [1.54, 1.807) is 24.4 Å². The maximum absolute atomic E-state index is 12.9. The van der Waals surface area contributed by atoms with E-state index < -0.39 is 18.0 Å². The molecule has 24 heavy (non-hydrogen) atoms. The Labute approximate surface area is 143 Å². The van der Waals surface area contributed by atoms with Crippen molar-refractivity contribution < 1.29 is 18.7 Å². The van der Waals surface area contributed by atoms with E-state index in [4.69, 9.17) is 4.74 Å². The standard InChI is InChI=1S/C17H19FN2O3S/c1-10(13-4-6-14(18)7-5-13)19-17(22)11(2)23-16(21)8-15-9-24-12(3)20-15/h4-7,9-11H,8H2,1-3H3,(H,19,22). The minimum absolute atomic E-state index is 0.0372. The second-order valence-electron chi connectivity index (χ2n) is 5.45. The van der Waals surface area contributed by atoms with Crippen molar-refractivity contribution in [2.75, 3.05) is 0 Å². The number of thiazole rings is 1. The van der Waals surface area contributed by atoms with Crippen LogP contribution in [0.2, 0.25) is 0 Å². The number of aryl methyl sites for hydroxylation is 1. The zero-order valence-corrected chi connectivity index (χ0v) is 14.5. The quantitative estimate of drug-likeness (QED) is 0.814. The molecule has 0 aliphatic rings. The lowest BCUT2D eigenvalue weighted by Gasteiger charge is -2.18. The second kappa shape index (κ2) is 8.01. The van der Waals surface area contributed by atoms with Crippen LogP contribution in [0, 0.1) is 12.7 Å². The van der Waals surface area contributed by atoms with Gasteiger partial charge in [-0.15, -0.1) is 11.3 Å². The van der Waals surface area contributed by atoms with Crippen LogP contribution in [0.25, 0.3) is 0 Å². The first-order valence-corrected chi connectivity index (χ1v) is 8.39. The van der Waals surface area contributed by atoms with Crippen molar-refractivity contribution in [1.29, 1.82) is 0 Å². The molecule has 1 amide bonds. The summed E-state index contributed by atoms with van der Waals surface area (Å²) in [4.78, 5) is 28.1. The average Bonchev–Trinajstić information content (AvgIpc) is 2.92. The number of carbonyl (C=O) groups is 2. The summed E-state index contributed by atoms with van der Waals surface area (Å²) < 4.78 is 18.1. The predicted molar refractivity (Wildman–Crippen MR) is 89.1 cm³/mol. The van der Waals surface area contributed by atoms with E-state index in [2.05, 4.69) is 10.3 Å². The molecule has 0 radical (unpaired) electrons. The third-order valence-corrected chi connectivity index (χ3v) is 4.22. The number of carbonyl (C=O) groups excluding carboxylic acids is 2. The highest BCUT2D eigenvalue weighted by Gasteiger charge is 2.20. The number of nitrogens with zero attached hydrogens (tertiary/aromatic N) is 1. The van der Waals surface area contributed by atoms with Gasteiger partial charge in [-0.1, -0.05) is 12.1 Å². The highest BCUT2D eigenvalue weighted by molar-refractivity contribution is 7.09. The van der Waals surface area contributed by atoms with Gasteiger partial charge in [-0.2, -0.15) is 0 Å². The van der Waals surface area contributed by atoms with Crippen molar-refractivity contribution in [3.8, 4) is 0 Å². The first-order chi connectivity index (χ1) is 11.3. The van der Waals surface area contributed by atoms with Gasteiger partial charge in [0.15, 0.2) is 6.10 Å². The first-order valence-electron chi connectivity index (χ1n) is 7.51. The number of aromatic nitrogens is 1. The fraction of sp³-hybridized carbons (Fsp3) is 0.353. The van der Waals surface area contributed by atoms with Gasteiger partial charge in [-0.25, -0.2) is 9.37 Å². The van der Waals surface area contributed by atoms with Crippen LogP contribution in [0.1, 0.15) is 36.2 Å². The van der Waals surface area contributed by atoms with Crippen LogP contribution >= 0.6 is 11.3 Å². The maximum atomic E-state index is 12.9. The highest BCUT2D eigenvalue weighted by Crippen LogP contribution is 2.13. The lowest BCUT2D eigenvalue weighted by atomic mass is 10.1. The van der Waals surface area contributed by atoms with Crippen LogP contribution in [0.5, 0.6) is 0 Å². The third kappa shape index (κ3) is 5.13. The summed E-state index contributed by atoms with van der Waals surface area (Å²) in [5.74, 6) is -1.25. The van der Waals surface area contributed by atoms with Crippen LogP contribution in [-0.4, -0.2) is 23.0 Å². The number of esters is 1. The molecule has 0 fully saturated rings. The van der Waals surface area contributed by atoms with Gasteiger partial charge in [0, 0.05) is 5.38 Å². The molecule has 7 heteroatoms. The molecule has 0 saturated heterocycles. The van der Waals surface area contributed by atoms with E-state index in [9.17, 15) is 14.0 Å². The van der Waals surface area contributed by atoms with Gasteiger partial charge in [0.2, 0.25) is 0 Å². The molecule has 1 aromatic carbocycles. The molecule has 1 heterocycles. The van der Waals surface area contributed by atoms with Crippen molar-refractivity contribution in [3.63, 3.8) is 0 Å². The molecular formula is C17H19FN2O3S. The molecule has 5 nitrogen and oxygen atoms in total. The smallest absolute Gasteiger partial charge is 0.312 e. The Morgan fingerprint density at radius 1 is 1.29 bits per heavy atom. The average molecular weight is 350 g/mol. The van der Waals surface area contributed by atoms with E-state index in [1.165, 1.54) is 30.4 Å². The molecule has 0 spiro atoms. The molecular weight excluding hydrogens is 331 g/mol. The van der Waals surface area contributed by atoms with Crippen LogP contribution in [0.15, 0.2) is 29.6 Å². The minimum Gasteiger partial charge on any atom is -0.452 e. The molecule has 2 rings (SSSR count). The lowest BCUT2D eigenvalue weighted by molar-refractivity contribution is -0.154. The second-order valence-corrected chi connectivity index (χ2v) is 6.51. The Morgan fingerprint density at radius 2 is 1.96 bits per heavy atom. The fourth-order valence-electron chi connectivity index (χ4n) is 2.10. The molecule has 0 saturated carbocycles. The van der Waals surface area contributed by atoms with Crippen molar-refractivity contribution in [2.45, 2.75) is 39.3 Å². The number of benzene rings is 1. The van der Waals surface area contributed by atoms with E-state index in [1.807, 2.05) is 6.92 Å². The Bertz CT molecular complexity index is 715. The Morgan fingerprint density at radius 3 is 2.54 bits per heavy atom. The Balaban J connectivity index is 1.84. The summed E-state index contributed by atoms with van der Waals surface area (Å²) in [6.45, 7) is 5.14. The number of nitrogens with one attached hydrogen (secondary N) is 1. The number of amides is 1. The zero-order chi connectivity index (χ0) is 17.7. The fourth-order valence-corrected chi connectivity index (χ4v) is 2.71. The van der Waals surface area contributed by atoms with Crippen molar-refractivity contribution in [1.82, 2.24) is 10.3 Å². The van der Waals surface area contributed by atoms with Crippen molar-refractivity contribution in [2.24, 2.45) is 0 Å². The van der Waals surface area contributed by atoms with Gasteiger partial charge in [0.1, 0.15) is 5.82 Å². The number of ether oxygens (including phenoxy) is 1. The first kappa shape index (κ1) is 18.1. The molecule has 2 atom stereocenters. The molecule has 1 aromatic heterocycles. The van der Waals surface area contributed by atoms with Crippen LogP contribution in [-0.2, 0) is 20.7 Å². The van der Waals surface area contributed by atoms with E-state index in [-0.39, 0.29) is 18.3 Å². The SMILES string of the molecule is Cc1nc(CC(=O)OC(C)C(=O)NC(C)c2ccc(F)cc2)cs1. The summed E-state index contributed by atoms with van der Waals surface area (Å²) in [5.41, 5.74) is 1.40. The molecule has 0 bridgehead atoms. The summed E-state index contributed by atoms with van der Waals surface area (Å²) in [6, 6.07) is 5.54. The number of halogens is 1. The summed E-state index contributed by atoms with van der Waals surface area (Å²) in [5, 5.41) is 5.40. The summed E-state index contributed by atoms with van der Waals surface area (Å²) in [6.07, 6.45) is -0.879. The molecule has 2 unspecified atom stereocenters. The predicted octanol–water partition coefficient (Wildman–Crippen LogP) is 2.94. The largest absolute Gasteiger partial charge is 0.452 e. The van der Waals surface area contributed by atoms with Crippen molar-refractivity contribution in [3.05, 3.63) is 51.7 Å².